The molecule has 0 amide bonds. The number of phenolic OH excluding ortho intramolecular Hbond substituents is 2. The van der Waals surface area contributed by atoms with Gasteiger partial charge in [0.1, 0.15) is 35.7 Å². The highest BCUT2D eigenvalue weighted by molar-refractivity contribution is 5.95. The number of rotatable bonds is 6. The summed E-state index contributed by atoms with van der Waals surface area (Å²) in [5.41, 5.74) is 4.65. The Morgan fingerprint density at radius 1 is 1.03 bits per heavy atom. The fourth-order valence-electron chi connectivity index (χ4n) is 5.16. The van der Waals surface area contributed by atoms with Crippen LogP contribution in [0, 0.1) is 0 Å². The lowest BCUT2D eigenvalue weighted by atomic mass is 9.86. The topological polar surface area (TPSA) is 71.4 Å². The van der Waals surface area contributed by atoms with Crippen LogP contribution in [-0.2, 0) is 4.74 Å². The maximum absolute atomic E-state index is 10.1. The van der Waals surface area contributed by atoms with Crippen molar-refractivity contribution in [2.24, 2.45) is 0 Å². The molecule has 188 valence electrons. The molecule has 3 aromatic carbocycles. The van der Waals surface area contributed by atoms with Gasteiger partial charge in [0.05, 0.1) is 13.2 Å². The highest BCUT2D eigenvalue weighted by Gasteiger charge is 2.30. The van der Waals surface area contributed by atoms with Crippen LogP contribution in [-0.4, -0.2) is 53.6 Å². The van der Waals surface area contributed by atoms with Crippen LogP contribution in [0.1, 0.15) is 43.6 Å². The molecule has 2 aliphatic heterocycles. The molecule has 36 heavy (non-hydrogen) atoms. The lowest BCUT2D eigenvalue weighted by Gasteiger charge is -2.37. The zero-order valence-corrected chi connectivity index (χ0v) is 21.0. The molecule has 5 rings (SSSR count). The van der Waals surface area contributed by atoms with Crippen molar-refractivity contribution in [2.45, 2.75) is 39.0 Å². The van der Waals surface area contributed by atoms with E-state index in [1.54, 1.807) is 30.3 Å². The summed E-state index contributed by atoms with van der Waals surface area (Å²) in [6, 6.07) is 21.1. The van der Waals surface area contributed by atoms with Crippen molar-refractivity contribution in [3.8, 4) is 23.0 Å². The molecule has 0 bridgehead atoms. The van der Waals surface area contributed by atoms with Crippen molar-refractivity contribution in [2.75, 3.05) is 26.4 Å². The van der Waals surface area contributed by atoms with Gasteiger partial charge in [-0.15, -0.1) is 0 Å². The molecule has 0 aliphatic carbocycles. The standard InChI is InChI=1S/C30H33NO5/c1-19-17-34-14-13-31(19)20(2)18-35-26-10-7-22(8-11-26)30-29(23-5-4-6-24(32)15-23)21(3)27-16-25(33)9-12-28(27)36-30/h4-12,15-16,19-20,30,32-33H,13-14,17-18H2,1-3H3. The quantitative estimate of drug-likeness (QED) is 0.468. The van der Waals surface area contributed by atoms with Gasteiger partial charge in [0.25, 0.3) is 0 Å². The number of nitrogens with zero attached hydrogens (tertiary/aromatic N) is 1. The highest BCUT2D eigenvalue weighted by Crippen LogP contribution is 2.47. The summed E-state index contributed by atoms with van der Waals surface area (Å²) in [6.45, 7) is 9.46. The first-order chi connectivity index (χ1) is 17.4. The third kappa shape index (κ3) is 4.92. The molecule has 1 saturated heterocycles. The molecule has 3 aromatic rings. The van der Waals surface area contributed by atoms with Crippen molar-refractivity contribution in [1.82, 2.24) is 4.90 Å². The fourth-order valence-corrected chi connectivity index (χ4v) is 5.16. The van der Waals surface area contributed by atoms with Gasteiger partial charge in [0.2, 0.25) is 0 Å². The van der Waals surface area contributed by atoms with E-state index < -0.39 is 0 Å². The van der Waals surface area contributed by atoms with E-state index >= 15 is 0 Å². The van der Waals surface area contributed by atoms with E-state index in [2.05, 4.69) is 18.7 Å². The molecule has 2 aliphatic rings. The van der Waals surface area contributed by atoms with Crippen LogP contribution < -0.4 is 9.47 Å². The molecule has 2 N–H and O–H groups in total. The first kappa shape index (κ1) is 24.2. The Balaban J connectivity index is 1.40. The normalized spacial score (nSPS) is 21.0. The van der Waals surface area contributed by atoms with E-state index in [1.807, 2.05) is 43.3 Å². The second kappa shape index (κ2) is 10.2. The van der Waals surface area contributed by atoms with Gasteiger partial charge < -0.3 is 24.4 Å². The third-order valence-electron chi connectivity index (χ3n) is 7.09. The molecule has 1 fully saturated rings. The summed E-state index contributed by atoms with van der Waals surface area (Å²) in [5, 5.41) is 20.2. The van der Waals surface area contributed by atoms with Crippen molar-refractivity contribution in [3.63, 3.8) is 0 Å². The summed E-state index contributed by atoms with van der Waals surface area (Å²) < 4.78 is 18.2. The molecule has 0 radical (unpaired) electrons. The smallest absolute Gasteiger partial charge is 0.150 e. The van der Waals surface area contributed by atoms with Gasteiger partial charge in [-0.3, -0.25) is 4.90 Å². The number of benzene rings is 3. The number of fused-ring (bicyclic) bond motifs is 1. The molecule has 0 aromatic heterocycles. The van der Waals surface area contributed by atoms with Gasteiger partial charge in [-0.25, -0.2) is 0 Å². The molecular weight excluding hydrogens is 454 g/mol. The molecule has 0 spiro atoms. The average molecular weight is 488 g/mol. The molecule has 2 heterocycles. The minimum atomic E-state index is -0.369. The van der Waals surface area contributed by atoms with Gasteiger partial charge in [-0.05, 0) is 79.9 Å². The van der Waals surface area contributed by atoms with Crippen LogP contribution in [0.3, 0.4) is 0 Å². The number of hydrogen-bond acceptors (Lipinski definition) is 6. The average Bonchev–Trinajstić information content (AvgIpc) is 2.88. The summed E-state index contributed by atoms with van der Waals surface area (Å²) in [5.74, 6) is 1.91. The van der Waals surface area contributed by atoms with Crippen molar-refractivity contribution in [1.29, 1.82) is 0 Å². The van der Waals surface area contributed by atoms with Crippen LogP contribution >= 0.6 is 0 Å². The molecular formula is C30H33NO5. The van der Waals surface area contributed by atoms with E-state index in [0.717, 1.165) is 53.3 Å². The van der Waals surface area contributed by atoms with Gasteiger partial charge in [-0.2, -0.15) is 0 Å². The third-order valence-corrected chi connectivity index (χ3v) is 7.09. The van der Waals surface area contributed by atoms with Crippen LogP contribution in [0.5, 0.6) is 23.0 Å². The minimum Gasteiger partial charge on any atom is -0.508 e. The van der Waals surface area contributed by atoms with Gasteiger partial charge in [0, 0.05) is 29.8 Å². The predicted molar refractivity (Wildman–Crippen MR) is 140 cm³/mol. The maximum atomic E-state index is 10.1. The van der Waals surface area contributed by atoms with Gasteiger partial charge >= 0.3 is 0 Å². The first-order valence-electron chi connectivity index (χ1n) is 12.5. The van der Waals surface area contributed by atoms with Crippen LogP contribution in [0.4, 0.5) is 0 Å². The number of aromatic hydroxyl groups is 2. The van der Waals surface area contributed by atoms with Crippen molar-refractivity contribution < 1.29 is 24.4 Å². The van der Waals surface area contributed by atoms with Crippen LogP contribution in [0.2, 0.25) is 0 Å². The monoisotopic (exact) mass is 487 g/mol. The van der Waals surface area contributed by atoms with Gasteiger partial charge in [0.15, 0.2) is 0 Å². The first-order valence-corrected chi connectivity index (χ1v) is 12.5. The fraction of sp³-hybridized carbons (Fsp3) is 0.333. The van der Waals surface area contributed by atoms with E-state index in [4.69, 9.17) is 14.2 Å². The second-order valence-corrected chi connectivity index (χ2v) is 9.66. The summed E-state index contributed by atoms with van der Waals surface area (Å²) in [4.78, 5) is 2.43. The van der Waals surface area contributed by atoms with Gasteiger partial charge in [-0.1, -0.05) is 24.3 Å². The Bertz CT molecular complexity index is 1250. The Kier molecular flexibility index (Phi) is 6.90. The summed E-state index contributed by atoms with van der Waals surface area (Å²) in [6.07, 6.45) is -0.369. The second-order valence-electron chi connectivity index (χ2n) is 9.66. The van der Waals surface area contributed by atoms with Crippen molar-refractivity contribution in [3.05, 3.63) is 83.4 Å². The van der Waals surface area contributed by atoms with E-state index in [-0.39, 0.29) is 17.6 Å². The zero-order chi connectivity index (χ0) is 25.2. The number of allylic oxidation sites excluding steroid dienone is 1. The number of ether oxygens (including phenoxy) is 3. The molecule has 3 unspecified atom stereocenters. The predicted octanol–water partition coefficient (Wildman–Crippen LogP) is 5.65. The molecule has 6 heteroatoms. The summed E-state index contributed by atoms with van der Waals surface area (Å²) >= 11 is 0. The Morgan fingerprint density at radius 3 is 2.56 bits per heavy atom. The minimum absolute atomic E-state index is 0.188. The van der Waals surface area contributed by atoms with Crippen LogP contribution in [0.15, 0.2) is 66.7 Å². The van der Waals surface area contributed by atoms with Crippen LogP contribution in [0.25, 0.3) is 11.1 Å². The largest absolute Gasteiger partial charge is 0.508 e. The highest BCUT2D eigenvalue weighted by atomic mass is 16.5. The number of phenols is 2. The Hall–Kier alpha value is -3.48. The lowest BCUT2D eigenvalue weighted by molar-refractivity contribution is -0.0266. The van der Waals surface area contributed by atoms with E-state index in [1.165, 1.54) is 0 Å². The zero-order valence-electron chi connectivity index (χ0n) is 21.0. The van der Waals surface area contributed by atoms with E-state index in [9.17, 15) is 10.2 Å². The van der Waals surface area contributed by atoms with Crippen molar-refractivity contribution >= 4 is 11.1 Å². The molecule has 6 nitrogen and oxygen atoms in total. The molecule has 0 saturated carbocycles. The van der Waals surface area contributed by atoms with E-state index in [0.29, 0.717) is 24.4 Å². The molecule has 3 atom stereocenters. The number of hydrogen-bond donors (Lipinski definition) is 2. The maximum Gasteiger partial charge on any atom is 0.150 e. The summed E-state index contributed by atoms with van der Waals surface area (Å²) in [7, 11) is 0. The Labute approximate surface area is 212 Å². The lowest BCUT2D eigenvalue weighted by Crippen LogP contribution is -2.50. The number of morpholine rings is 1. The SMILES string of the molecule is CC1=C(c2cccc(O)c2)C(c2ccc(OCC(C)N3CCOCC3C)cc2)Oc2ccc(O)cc21. The Morgan fingerprint density at radius 2 is 1.81 bits per heavy atom.